The average molecular weight is 180 g/mol. The number of benzene rings is 1. The van der Waals surface area contributed by atoms with Gasteiger partial charge in [0.25, 0.3) is 0 Å². The molecule has 2 rings (SSSR count). The lowest BCUT2D eigenvalue weighted by atomic mass is 10.1. The molecule has 0 radical (unpaired) electrons. The second kappa shape index (κ2) is 3.87. The van der Waals surface area contributed by atoms with Crippen LogP contribution in [0, 0.1) is 0 Å². The largest absolute Gasteiger partial charge is 0.392 e. The van der Waals surface area contributed by atoms with Crippen LogP contribution in [0.1, 0.15) is 17.2 Å². The highest BCUT2D eigenvalue weighted by molar-refractivity contribution is 5.24. The Kier molecular flexibility index (Phi) is 2.59. The van der Waals surface area contributed by atoms with Crippen LogP contribution in [-0.4, -0.2) is 18.5 Å². The maximum absolute atomic E-state index is 8.84. The molecule has 3 heteroatoms. The van der Waals surface area contributed by atoms with E-state index in [0.717, 1.165) is 11.1 Å². The Bertz CT molecular complexity index is 262. The van der Waals surface area contributed by atoms with E-state index >= 15 is 0 Å². The van der Waals surface area contributed by atoms with Gasteiger partial charge in [0.15, 0.2) is 0 Å². The number of ether oxygens (including phenoxy) is 2. The summed E-state index contributed by atoms with van der Waals surface area (Å²) in [4.78, 5) is 0. The van der Waals surface area contributed by atoms with Crippen molar-refractivity contribution in [3.05, 3.63) is 35.4 Å². The lowest BCUT2D eigenvalue weighted by Crippen LogP contribution is -1.99. The third-order valence-corrected chi connectivity index (χ3v) is 2.16. The molecule has 0 saturated carbocycles. The Hall–Kier alpha value is -0.900. The van der Waals surface area contributed by atoms with Gasteiger partial charge in [0.05, 0.1) is 13.2 Å². The van der Waals surface area contributed by atoms with Crippen LogP contribution in [0.3, 0.4) is 0 Å². The Morgan fingerprint density at radius 3 is 2.62 bits per heavy atom. The van der Waals surface area contributed by atoms with Gasteiger partial charge in [-0.25, -0.2) is 0 Å². The van der Waals surface area contributed by atoms with E-state index in [4.69, 9.17) is 14.6 Å². The predicted octanol–water partition coefficient (Wildman–Crippen LogP) is 1.22. The molecule has 1 saturated heterocycles. The van der Waals surface area contributed by atoms with E-state index in [1.807, 2.05) is 24.3 Å². The molecule has 0 bridgehead atoms. The molecule has 1 aliphatic heterocycles. The summed E-state index contributed by atoms with van der Waals surface area (Å²) in [6.45, 7) is 1.09. The minimum Gasteiger partial charge on any atom is -0.392 e. The number of rotatable bonds is 2. The van der Waals surface area contributed by atoms with Crippen molar-refractivity contribution < 1.29 is 14.6 Å². The van der Waals surface area contributed by atoms with E-state index in [-0.39, 0.29) is 12.7 Å². The molecule has 13 heavy (non-hydrogen) atoms. The Morgan fingerprint density at radius 2 is 2.08 bits per heavy atom. The zero-order chi connectivity index (χ0) is 9.10. The summed E-state index contributed by atoms with van der Waals surface area (Å²) < 4.78 is 10.4. The number of aliphatic hydroxyl groups is 1. The Balaban J connectivity index is 2.12. The van der Waals surface area contributed by atoms with Crippen LogP contribution in [-0.2, 0) is 16.1 Å². The lowest BCUT2D eigenvalue weighted by molar-refractivity contribution is 0.0466. The molecule has 0 spiro atoms. The van der Waals surface area contributed by atoms with Gasteiger partial charge in [-0.15, -0.1) is 0 Å². The van der Waals surface area contributed by atoms with E-state index in [9.17, 15) is 0 Å². The van der Waals surface area contributed by atoms with Crippen molar-refractivity contribution in [1.82, 2.24) is 0 Å². The second-order valence-corrected chi connectivity index (χ2v) is 3.04. The third-order valence-electron chi connectivity index (χ3n) is 2.16. The summed E-state index contributed by atoms with van der Waals surface area (Å²) in [5.41, 5.74) is 2.03. The van der Waals surface area contributed by atoms with Crippen LogP contribution in [0.2, 0.25) is 0 Å². The number of hydrogen-bond donors (Lipinski definition) is 1. The molecule has 70 valence electrons. The minimum atomic E-state index is 0.0627. The van der Waals surface area contributed by atoms with Crippen LogP contribution in [0.15, 0.2) is 24.3 Å². The summed E-state index contributed by atoms with van der Waals surface area (Å²) >= 11 is 0. The summed E-state index contributed by atoms with van der Waals surface area (Å²) in [6.07, 6.45) is 0.0627. The highest BCUT2D eigenvalue weighted by Crippen LogP contribution is 2.22. The molecule has 0 aromatic heterocycles. The minimum absolute atomic E-state index is 0.0627. The molecule has 1 atom stereocenters. The standard InChI is InChI=1S/C10H12O3/c11-5-8-1-3-9(4-2-8)10-6-12-7-13-10/h1-4,10-11H,5-7H2. The summed E-state index contributed by atoms with van der Waals surface area (Å²) in [6, 6.07) is 7.73. The predicted molar refractivity (Wildman–Crippen MR) is 47.0 cm³/mol. The molecule has 0 amide bonds. The molecule has 1 heterocycles. The molecule has 1 aromatic carbocycles. The van der Waals surface area contributed by atoms with Gasteiger partial charge < -0.3 is 14.6 Å². The van der Waals surface area contributed by atoms with Crippen molar-refractivity contribution in [3.63, 3.8) is 0 Å². The second-order valence-electron chi connectivity index (χ2n) is 3.04. The van der Waals surface area contributed by atoms with E-state index in [2.05, 4.69) is 0 Å². The smallest absolute Gasteiger partial charge is 0.147 e. The molecule has 1 unspecified atom stereocenters. The molecule has 1 fully saturated rings. The monoisotopic (exact) mass is 180 g/mol. The van der Waals surface area contributed by atoms with Crippen molar-refractivity contribution in [2.75, 3.05) is 13.4 Å². The van der Waals surface area contributed by atoms with Gasteiger partial charge in [0, 0.05) is 0 Å². The van der Waals surface area contributed by atoms with Crippen LogP contribution < -0.4 is 0 Å². The summed E-state index contributed by atoms with van der Waals surface area (Å²) in [5.74, 6) is 0. The van der Waals surface area contributed by atoms with Gasteiger partial charge in [-0.2, -0.15) is 0 Å². The number of aliphatic hydroxyl groups excluding tert-OH is 1. The highest BCUT2D eigenvalue weighted by atomic mass is 16.7. The zero-order valence-electron chi connectivity index (χ0n) is 7.27. The van der Waals surface area contributed by atoms with Crippen molar-refractivity contribution in [2.24, 2.45) is 0 Å². The maximum Gasteiger partial charge on any atom is 0.147 e. The van der Waals surface area contributed by atoms with Crippen LogP contribution in [0.25, 0.3) is 0 Å². The fourth-order valence-electron chi connectivity index (χ4n) is 1.36. The van der Waals surface area contributed by atoms with Gasteiger partial charge in [-0.3, -0.25) is 0 Å². The van der Waals surface area contributed by atoms with Crippen molar-refractivity contribution >= 4 is 0 Å². The van der Waals surface area contributed by atoms with Gasteiger partial charge in [-0.05, 0) is 11.1 Å². The first kappa shape index (κ1) is 8.69. The first-order valence-electron chi connectivity index (χ1n) is 4.29. The van der Waals surface area contributed by atoms with Crippen LogP contribution in [0.4, 0.5) is 0 Å². The summed E-state index contributed by atoms with van der Waals surface area (Å²) in [5, 5.41) is 8.84. The SMILES string of the molecule is OCc1ccc(C2COCO2)cc1. The molecule has 1 aliphatic rings. The third kappa shape index (κ3) is 1.88. The van der Waals surface area contributed by atoms with Crippen molar-refractivity contribution in [3.8, 4) is 0 Å². The Morgan fingerprint density at radius 1 is 1.31 bits per heavy atom. The van der Waals surface area contributed by atoms with Gasteiger partial charge in [0.1, 0.15) is 12.9 Å². The highest BCUT2D eigenvalue weighted by Gasteiger charge is 2.17. The van der Waals surface area contributed by atoms with Gasteiger partial charge in [0.2, 0.25) is 0 Å². The molecule has 1 N–H and O–H groups in total. The van der Waals surface area contributed by atoms with Crippen LogP contribution >= 0.6 is 0 Å². The van der Waals surface area contributed by atoms with E-state index in [1.165, 1.54) is 0 Å². The quantitative estimate of drug-likeness (QED) is 0.743. The first-order chi connectivity index (χ1) is 6.40. The molecular weight excluding hydrogens is 168 g/mol. The van der Waals surface area contributed by atoms with E-state index in [1.54, 1.807) is 0 Å². The van der Waals surface area contributed by atoms with Gasteiger partial charge >= 0.3 is 0 Å². The van der Waals surface area contributed by atoms with E-state index < -0.39 is 0 Å². The topological polar surface area (TPSA) is 38.7 Å². The maximum atomic E-state index is 8.84. The molecule has 0 aliphatic carbocycles. The fraction of sp³-hybridized carbons (Fsp3) is 0.400. The molecular formula is C10H12O3. The Labute approximate surface area is 76.9 Å². The van der Waals surface area contributed by atoms with Crippen molar-refractivity contribution in [1.29, 1.82) is 0 Å². The fourth-order valence-corrected chi connectivity index (χ4v) is 1.36. The van der Waals surface area contributed by atoms with Crippen LogP contribution in [0.5, 0.6) is 0 Å². The normalized spacial score (nSPS) is 22.1. The van der Waals surface area contributed by atoms with Crippen molar-refractivity contribution in [2.45, 2.75) is 12.7 Å². The first-order valence-corrected chi connectivity index (χ1v) is 4.29. The van der Waals surface area contributed by atoms with E-state index in [0.29, 0.717) is 13.4 Å². The summed E-state index contributed by atoms with van der Waals surface area (Å²) in [7, 11) is 0. The number of hydrogen-bond acceptors (Lipinski definition) is 3. The lowest BCUT2D eigenvalue weighted by Gasteiger charge is -2.07. The average Bonchev–Trinajstić information content (AvgIpc) is 2.71. The zero-order valence-corrected chi connectivity index (χ0v) is 7.27. The van der Waals surface area contributed by atoms with Gasteiger partial charge in [-0.1, -0.05) is 24.3 Å². The molecule has 3 nitrogen and oxygen atoms in total. The molecule has 1 aromatic rings.